The van der Waals surface area contributed by atoms with E-state index in [9.17, 15) is 0 Å². The third kappa shape index (κ3) is 4.15. The van der Waals surface area contributed by atoms with Crippen LogP contribution in [0.15, 0.2) is 0 Å². The van der Waals surface area contributed by atoms with Crippen LogP contribution in [0.1, 0.15) is 48.0 Å². The van der Waals surface area contributed by atoms with Crippen LogP contribution in [0.4, 0.5) is 0 Å². The average molecular weight is 169 g/mol. The Kier molecular flexibility index (Phi) is 4.92. The van der Waals surface area contributed by atoms with Gasteiger partial charge in [-0.25, -0.2) is 0 Å². The summed E-state index contributed by atoms with van der Waals surface area (Å²) in [5, 5.41) is 0. The van der Waals surface area contributed by atoms with Crippen molar-refractivity contribution < 1.29 is 4.65 Å². The highest BCUT2D eigenvalue weighted by molar-refractivity contribution is 6.29. The molecule has 0 saturated carbocycles. The molecular weight excluding hydrogens is 147 g/mol. The summed E-state index contributed by atoms with van der Waals surface area (Å²) in [7, 11) is 1.97. The highest BCUT2D eigenvalue weighted by Crippen LogP contribution is 2.21. The lowest BCUT2D eigenvalue weighted by atomic mass is 9.78. The van der Waals surface area contributed by atoms with Crippen LogP contribution in [0.5, 0.6) is 0 Å². The van der Waals surface area contributed by atoms with E-state index in [1.54, 1.807) is 0 Å². The minimum absolute atomic E-state index is 0.0244. The average Bonchev–Trinajstić information content (AvgIpc) is 2.00. The normalized spacial score (nSPS) is 14.9. The fraction of sp³-hybridized carbons (Fsp3) is 1.00. The Labute approximate surface area is 78.2 Å². The molecule has 1 unspecified atom stereocenters. The predicted octanol–water partition coefficient (Wildman–Crippen LogP) is 3.28. The maximum absolute atomic E-state index is 5.72. The van der Waals surface area contributed by atoms with Crippen LogP contribution in [-0.4, -0.2) is 13.1 Å². The predicted molar refractivity (Wildman–Crippen MR) is 55.5 cm³/mol. The molecule has 0 aromatic carbocycles. The van der Waals surface area contributed by atoms with Gasteiger partial charge in [0.2, 0.25) is 0 Å². The number of rotatable bonds is 5. The van der Waals surface area contributed by atoms with E-state index in [1.165, 1.54) is 0 Å². The van der Waals surface area contributed by atoms with E-state index in [0.29, 0.717) is 11.7 Å². The molecule has 2 heteroatoms. The summed E-state index contributed by atoms with van der Waals surface area (Å²) in [5.41, 5.74) is -0.0244. The molecule has 0 spiro atoms. The van der Waals surface area contributed by atoms with Crippen LogP contribution in [0.3, 0.4) is 0 Å². The molecule has 0 aromatic rings. The summed E-state index contributed by atoms with van der Waals surface area (Å²) in [4.78, 5) is 0. The lowest BCUT2D eigenvalue weighted by Crippen LogP contribution is -2.33. The molecular formula is C10H22BO. The molecule has 1 atom stereocenters. The van der Waals surface area contributed by atoms with Crippen molar-refractivity contribution >= 4 is 7.48 Å². The lowest BCUT2D eigenvalue weighted by Gasteiger charge is -2.31. The molecule has 71 valence electrons. The molecule has 0 aliphatic heterocycles. The van der Waals surface area contributed by atoms with E-state index >= 15 is 0 Å². The van der Waals surface area contributed by atoms with Crippen molar-refractivity contribution in [3.63, 3.8) is 0 Å². The maximum Gasteiger partial charge on any atom is 0.296 e. The number of hydrogen-bond donors (Lipinski definition) is 0. The third-order valence-electron chi connectivity index (χ3n) is 2.64. The van der Waals surface area contributed by atoms with Crippen LogP contribution in [-0.2, 0) is 4.65 Å². The molecule has 0 aliphatic rings. The zero-order valence-electron chi connectivity index (χ0n) is 9.35. The zero-order chi connectivity index (χ0) is 9.78. The van der Waals surface area contributed by atoms with Crippen molar-refractivity contribution in [2.75, 3.05) is 0 Å². The summed E-state index contributed by atoms with van der Waals surface area (Å²) in [6.07, 6.45) is 1.15. The van der Waals surface area contributed by atoms with Gasteiger partial charge in [-0.3, -0.25) is 0 Å². The van der Waals surface area contributed by atoms with E-state index in [4.69, 9.17) is 4.65 Å². The van der Waals surface area contributed by atoms with Crippen LogP contribution in [0.25, 0.3) is 0 Å². The standard InChI is InChI=1S/C10H22BO/c1-7-9(4)11-12-10(5,6)8(2)3/h8-9H,7H2,1-6H3. The van der Waals surface area contributed by atoms with Crippen molar-refractivity contribution in [3.05, 3.63) is 0 Å². The van der Waals surface area contributed by atoms with Crippen LogP contribution < -0.4 is 0 Å². The fourth-order valence-corrected chi connectivity index (χ4v) is 0.524. The molecule has 0 bridgehead atoms. The summed E-state index contributed by atoms with van der Waals surface area (Å²) in [5.74, 6) is 1.11. The summed E-state index contributed by atoms with van der Waals surface area (Å²) in [6.45, 7) is 13.0. The van der Waals surface area contributed by atoms with Gasteiger partial charge < -0.3 is 4.65 Å². The van der Waals surface area contributed by atoms with Crippen LogP contribution in [0, 0.1) is 5.92 Å². The van der Waals surface area contributed by atoms with E-state index in [-0.39, 0.29) is 5.60 Å². The molecule has 0 aliphatic carbocycles. The molecule has 0 saturated heterocycles. The molecule has 1 radical (unpaired) electrons. The highest BCUT2D eigenvalue weighted by atomic mass is 16.5. The minimum atomic E-state index is -0.0244. The molecule has 0 aromatic heterocycles. The van der Waals surface area contributed by atoms with Gasteiger partial charge in [0.25, 0.3) is 7.48 Å². The first-order valence-corrected chi connectivity index (χ1v) is 4.91. The second-order valence-electron chi connectivity index (χ2n) is 4.40. The smallest absolute Gasteiger partial charge is 0.296 e. The summed E-state index contributed by atoms with van der Waals surface area (Å²) < 4.78 is 5.72. The Hall–Kier alpha value is 0.0249. The van der Waals surface area contributed by atoms with Gasteiger partial charge in [0, 0.05) is 5.60 Å². The second-order valence-corrected chi connectivity index (χ2v) is 4.40. The van der Waals surface area contributed by atoms with Gasteiger partial charge in [-0.2, -0.15) is 0 Å². The summed E-state index contributed by atoms with van der Waals surface area (Å²) in [6, 6.07) is 0. The van der Waals surface area contributed by atoms with E-state index in [0.717, 1.165) is 6.42 Å². The molecule has 0 heterocycles. The Balaban J connectivity index is 3.75. The Bertz CT molecular complexity index is 121. The SMILES string of the molecule is CCC(C)[B]OC(C)(C)C(C)C. The molecule has 12 heavy (non-hydrogen) atoms. The fourth-order valence-electron chi connectivity index (χ4n) is 0.524. The van der Waals surface area contributed by atoms with Crippen molar-refractivity contribution in [3.8, 4) is 0 Å². The second kappa shape index (κ2) is 4.91. The van der Waals surface area contributed by atoms with Crippen molar-refractivity contribution in [2.24, 2.45) is 5.92 Å². The largest absolute Gasteiger partial charge is 0.435 e. The Morgan fingerprint density at radius 3 is 2.08 bits per heavy atom. The first-order chi connectivity index (χ1) is 5.40. The van der Waals surface area contributed by atoms with Gasteiger partial charge in [-0.1, -0.05) is 34.1 Å². The topological polar surface area (TPSA) is 9.23 Å². The monoisotopic (exact) mass is 169 g/mol. The molecule has 0 rings (SSSR count). The summed E-state index contributed by atoms with van der Waals surface area (Å²) >= 11 is 0. The van der Waals surface area contributed by atoms with Gasteiger partial charge in [-0.15, -0.1) is 0 Å². The van der Waals surface area contributed by atoms with Crippen LogP contribution >= 0.6 is 0 Å². The van der Waals surface area contributed by atoms with E-state index in [2.05, 4.69) is 41.5 Å². The molecule has 0 fully saturated rings. The quantitative estimate of drug-likeness (QED) is 0.574. The van der Waals surface area contributed by atoms with Gasteiger partial charge in [0.05, 0.1) is 0 Å². The first kappa shape index (κ1) is 12.0. The van der Waals surface area contributed by atoms with Crippen molar-refractivity contribution in [1.29, 1.82) is 0 Å². The van der Waals surface area contributed by atoms with Gasteiger partial charge in [0.15, 0.2) is 0 Å². The molecule has 1 nitrogen and oxygen atoms in total. The third-order valence-corrected chi connectivity index (χ3v) is 2.64. The number of hydrogen-bond acceptors (Lipinski definition) is 1. The molecule has 0 N–H and O–H groups in total. The zero-order valence-corrected chi connectivity index (χ0v) is 9.35. The van der Waals surface area contributed by atoms with E-state index < -0.39 is 0 Å². The van der Waals surface area contributed by atoms with Gasteiger partial charge in [-0.05, 0) is 25.6 Å². The minimum Gasteiger partial charge on any atom is -0.435 e. The highest BCUT2D eigenvalue weighted by Gasteiger charge is 2.23. The van der Waals surface area contributed by atoms with Gasteiger partial charge >= 0.3 is 0 Å². The lowest BCUT2D eigenvalue weighted by molar-refractivity contribution is 0.0622. The van der Waals surface area contributed by atoms with Gasteiger partial charge in [0.1, 0.15) is 0 Å². The Morgan fingerprint density at radius 2 is 1.75 bits per heavy atom. The Morgan fingerprint density at radius 1 is 1.25 bits per heavy atom. The first-order valence-electron chi connectivity index (χ1n) is 4.91. The van der Waals surface area contributed by atoms with Crippen LogP contribution in [0.2, 0.25) is 5.82 Å². The van der Waals surface area contributed by atoms with Crippen molar-refractivity contribution in [1.82, 2.24) is 0 Å². The molecule has 0 amide bonds. The van der Waals surface area contributed by atoms with Crippen molar-refractivity contribution in [2.45, 2.75) is 59.4 Å². The maximum atomic E-state index is 5.72. The van der Waals surface area contributed by atoms with E-state index in [1.807, 2.05) is 7.48 Å².